The first kappa shape index (κ1) is 22.4. The number of halogens is 1. The lowest BCUT2D eigenvalue weighted by molar-refractivity contribution is -0.384. The summed E-state index contributed by atoms with van der Waals surface area (Å²) in [5, 5.41) is 11.4. The van der Waals surface area contributed by atoms with Crippen LogP contribution in [0.1, 0.15) is 33.7 Å². The molecule has 168 valence electrons. The largest absolute Gasteiger partial charge is 0.462 e. The SMILES string of the molecule is CCOC(=O)c1sc2nc(/C(Cl)=C/c3ccc(-c4cccc([N+](=O)[O-])c4)o3)[nH]c(=O)c2c1C. The zero-order valence-electron chi connectivity index (χ0n) is 17.4. The summed E-state index contributed by atoms with van der Waals surface area (Å²) >= 11 is 7.45. The molecule has 0 aliphatic carbocycles. The summed E-state index contributed by atoms with van der Waals surface area (Å²) in [6.07, 6.45) is 1.47. The lowest BCUT2D eigenvalue weighted by atomic mass is 10.1. The second-order valence-electron chi connectivity index (χ2n) is 6.87. The Hall–Kier alpha value is -3.76. The van der Waals surface area contributed by atoms with E-state index < -0.39 is 16.5 Å². The summed E-state index contributed by atoms with van der Waals surface area (Å²) in [4.78, 5) is 43.0. The number of esters is 1. The zero-order valence-corrected chi connectivity index (χ0v) is 19.0. The number of carbonyl (C=O) groups is 1. The van der Waals surface area contributed by atoms with Crippen LogP contribution in [0.15, 0.2) is 45.6 Å². The molecule has 9 nitrogen and oxygen atoms in total. The van der Waals surface area contributed by atoms with Crippen LogP contribution in [0.5, 0.6) is 0 Å². The number of ether oxygens (including phenoxy) is 1. The van der Waals surface area contributed by atoms with E-state index in [-0.39, 0.29) is 23.2 Å². The van der Waals surface area contributed by atoms with Gasteiger partial charge in [0.05, 0.1) is 21.9 Å². The molecular weight excluding hydrogens is 470 g/mol. The minimum absolute atomic E-state index is 0.0532. The third-order valence-corrected chi connectivity index (χ3v) is 6.18. The summed E-state index contributed by atoms with van der Waals surface area (Å²) < 4.78 is 10.8. The van der Waals surface area contributed by atoms with Crippen LogP contribution in [0.4, 0.5) is 5.69 Å². The number of nitro groups is 1. The number of aromatic nitrogens is 2. The molecule has 0 aliphatic rings. The molecule has 0 bridgehead atoms. The highest BCUT2D eigenvalue weighted by Gasteiger charge is 2.21. The molecule has 0 spiro atoms. The molecular formula is C22H16ClN3O6S. The number of nitrogens with one attached hydrogen (secondary N) is 1. The molecule has 4 aromatic rings. The molecule has 0 aliphatic heterocycles. The minimum atomic E-state index is -0.509. The number of non-ortho nitro benzene ring substituents is 1. The molecule has 0 radical (unpaired) electrons. The summed E-state index contributed by atoms with van der Waals surface area (Å²) in [6.45, 7) is 3.59. The van der Waals surface area contributed by atoms with Crippen molar-refractivity contribution in [3.8, 4) is 11.3 Å². The van der Waals surface area contributed by atoms with Crippen molar-refractivity contribution in [2.24, 2.45) is 0 Å². The molecule has 0 fully saturated rings. The Morgan fingerprint density at radius 2 is 2.15 bits per heavy atom. The third kappa shape index (κ3) is 4.43. The van der Waals surface area contributed by atoms with Gasteiger partial charge < -0.3 is 14.1 Å². The van der Waals surface area contributed by atoms with Crippen molar-refractivity contribution in [3.63, 3.8) is 0 Å². The zero-order chi connectivity index (χ0) is 23.7. The van der Waals surface area contributed by atoms with Crippen LogP contribution in [0, 0.1) is 17.0 Å². The molecule has 0 atom stereocenters. The molecule has 0 saturated heterocycles. The monoisotopic (exact) mass is 485 g/mol. The molecule has 1 N–H and O–H groups in total. The molecule has 0 unspecified atom stereocenters. The first-order valence-corrected chi connectivity index (χ1v) is 10.9. The number of hydrogen-bond acceptors (Lipinski definition) is 8. The predicted octanol–water partition coefficient (Wildman–Crippen LogP) is 5.37. The van der Waals surface area contributed by atoms with Crippen LogP contribution in [0.25, 0.3) is 32.6 Å². The van der Waals surface area contributed by atoms with E-state index in [4.69, 9.17) is 20.8 Å². The third-order valence-electron chi connectivity index (χ3n) is 4.72. The van der Waals surface area contributed by atoms with Gasteiger partial charge in [-0.1, -0.05) is 23.7 Å². The number of benzene rings is 1. The van der Waals surface area contributed by atoms with Gasteiger partial charge in [-0.05, 0) is 31.5 Å². The Morgan fingerprint density at radius 1 is 1.36 bits per heavy atom. The van der Waals surface area contributed by atoms with E-state index >= 15 is 0 Å². The Morgan fingerprint density at radius 3 is 2.88 bits per heavy atom. The first-order chi connectivity index (χ1) is 15.8. The van der Waals surface area contributed by atoms with E-state index in [1.54, 1.807) is 38.1 Å². The highest BCUT2D eigenvalue weighted by Crippen LogP contribution is 2.31. The smallest absolute Gasteiger partial charge is 0.348 e. The number of fused-ring (bicyclic) bond motifs is 1. The number of aromatic amines is 1. The van der Waals surface area contributed by atoms with Crippen LogP contribution in [0.3, 0.4) is 0 Å². The highest BCUT2D eigenvalue weighted by molar-refractivity contribution is 7.20. The van der Waals surface area contributed by atoms with Gasteiger partial charge in [-0.25, -0.2) is 9.78 Å². The molecule has 1 aromatic carbocycles. The van der Waals surface area contributed by atoms with Gasteiger partial charge in [-0.3, -0.25) is 14.9 Å². The molecule has 11 heteroatoms. The number of furan rings is 1. The van der Waals surface area contributed by atoms with E-state index in [0.717, 1.165) is 11.3 Å². The van der Waals surface area contributed by atoms with Crippen molar-refractivity contribution < 1.29 is 18.9 Å². The minimum Gasteiger partial charge on any atom is -0.462 e. The number of thiophene rings is 1. The molecule has 33 heavy (non-hydrogen) atoms. The predicted molar refractivity (Wildman–Crippen MR) is 125 cm³/mol. The van der Waals surface area contributed by atoms with Crippen molar-refractivity contribution in [2.45, 2.75) is 13.8 Å². The second kappa shape index (κ2) is 9.00. The van der Waals surface area contributed by atoms with E-state index in [1.807, 2.05) is 0 Å². The Balaban J connectivity index is 1.68. The number of rotatable bonds is 6. The van der Waals surface area contributed by atoms with Gasteiger partial charge in [-0.15, -0.1) is 11.3 Å². The van der Waals surface area contributed by atoms with Gasteiger partial charge in [0.2, 0.25) is 0 Å². The summed E-state index contributed by atoms with van der Waals surface area (Å²) in [5.74, 6) is 0.377. The number of hydrogen-bond donors (Lipinski definition) is 1. The Bertz CT molecular complexity index is 1480. The standard InChI is InChI=1S/C22H16ClN3O6S/c1-3-31-22(28)18-11(2)17-20(27)24-19(25-21(17)33-18)15(23)10-14-7-8-16(32-14)12-5-4-6-13(9-12)26(29)30/h4-10H,3H2,1-2H3,(H,24,25,27)/b15-10-. The summed E-state index contributed by atoms with van der Waals surface area (Å²) in [7, 11) is 0. The van der Waals surface area contributed by atoms with E-state index in [9.17, 15) is 19.7 Å². The quantitative estimate of drug-likeness (QED) is 0.220. The van der Waals surface area contributed by atoms with Crippen LogP contribution in [-0.2, 0) is 4.74 Å². The van der Waals surface area contributed by atoms with E-state index in [1.165, 1.54) is 18.2 Å². The average molecular weight is 486 g/mol. The fraction of sp³-hybridized carbons (Fsp3) is 0.136. The van der Waals surface area contributed by atoms with Gasteiger partial charge in [0.1, 0.15) is 21.2 Å². The van der Waals surface area contributed by atoms with Crippen LogP contribution in [-0.4, -0.2) is 27.5 Å². The maximum absolute atomic E-state index is 12.6. The van der Waals surface area contributed by atoms with E-state index in [0.29, 0.717) is 37.7 Å². The van der Waals surface area contributed by atoms with Crippen LogP contribution < -0.4 is 5.56 Å². The number of H-pyrrole nitrogens is 1. The highest BCUT2D eigenvalue weighted by atomic mass is 35.5. The van der Waals surface area contributed by atoms with Gasteiger partial charge in [0.25, 0.3) is 11.2 Å². The molecule has 3 aromatic heterocycles. The number of nitro benzene ring substituents is 1. The van der Waals surface area contributed by atoms with Gasteiger partial charge in [-0.2, -0.15) is 0 Å². The Kier molecular flexibility index (Phi) is 6.12. The Labute approximate surface area is 195 Å². The van der Waals surface area contributed by atoms with Crippen molar-refractivity contribution >= 4 is 55.9 Å². The average Bonchev–Trinajstić information content (AvgIpc) is 3.38. The lowest BCUT2D eigenvalue weighted by Gasteiger charge is -2.00. The van der Waals surface area contributed by atoms with Crippen molar-refractivity contribution in [3.05, 3.63) is 78.9 Å². The van der Waals surface area contributed by atoms with Gasteiger partial charge in [0.15, 0.2) is 5.82 Å². The molecule has 3 heterocycles. The molecule has 4 rings (SSSR count). The van der Waals surface area contributed by atoms with Gasteiger partial charge >= 0.3 is 5.97 Å². The number of aryl methyl sites for hydroxylation is 1. The van der Waals surface area contributed by atoms with Crippen molar-refractivity contribution in [2.75, 3.05) is 6.61 Å². The molecule has 0 saturated carbocycles. The fourth-order valence-electron chi connectivity index (χ4n) is 3.20. The van der Waals surface area contributed by atoms with Crippen LogP contribution >= 0.6 is 22.9 Å². The topological polar surface area (TPSA) is 128 Å². The number of carbonyl (C=O) groups excluding carboxylic acids is 1. The van der Waals surface area contributed by atoms with Crippen molar-refractivity contribution in [1.29, 1.82) is 0 Å². The van der Waals surface area contributed by atoms with Gasteiger partial charge in [0, 0.05) is 23.8 Å². The maximum atomic E-state index is 12.6. The summed E-state index contributed by atoms with van der Waals surface area (Å²) in [6, 6.07) is 9.34. The lowest BCUT2D eigenvalue weighted by Crippen LogP contribution is -2.10. The first-order valence-electron chi connectivity index (χ1n) is 9.71. The molecule has 0 amide bonds. The fourth-order valence-corrected chi connectivity index (χ4v) is 4.47. The number of nitrogens with zero attached hydrogens (tertiary/aromatic N) is 2. The van der Waals surface area contributed by atoms with Crippen LogP contribution in [0.2, 0.25) is 0 Å². The second-order valence-corrected chi connectivity index (χ2v) is 8.28. The van der Waals surface area contributed by atoms with Crippen molar-refractivity contribution in [1.82, 2.24) is 9.97 Å². The maximum Gasteiger partial charge on any atom is 0.348 e. The van der Waals surface area contributed by atoms with E-state index in [2.05, 4.69) is 9.97 Å². The summed E-state index contributed by atoms with van der Waals surface area (Å²) in [5.41, 5.74) is 0.556. The normalized spacial score (nSPS) is 11.7.